The summed E-state index contributed by atoms with van der Waals surface area (Å²) in [4.78, 5) is 71.4. The average molecular weight is 495 g/mol. The van der Waals surface area contributed by atoms with Crippen LogP contribution in [0.4, 0.5) is 0 Å². The lowest BCUT2D eigenvalue weighted by Crippen LogP contribution is -2.50. The minimum absolute atomic E-state index is 0.669. The summed E-state index contributed by atoms with van der Waals surface area (Å²) in [6, 6.07) is -0.623. The first-order chi connectivity index (χ1) is 14.9. The van der Waals surface area contributed by atoms with Gasteiger partial charge in [-0.2, -0.15) is 0 Å². The van der Waals surface area contributed by atoms with E-state index < -0.39 is 72.6 Å². The van der Waals surface area contributed by atoms with Crippen molar-refractivity contribution in [3.63, 3.8) is 0 Å². The fourth-order valence-electron chi connectivity index (χ4n) is 3.00. The zero-order valence-electron chi connectivity index (χ0n) is 17.1. The third-order valence-electron chi connectivity index (χ3n) is 4.38. The Labute approximate surface area is 185 Å². The number of nitrogens with one attached hydrogen (secondary N) is 2. The van der Waals surface area contributed by atoms with E-state index in [1.54, 1.807) is 0 Å². The Morgan fingerprint density at radius 1 is 1.34 bits per heavy atom. The molecule has 0 radical (unpaired) electrons. The van der Waals surface area contributed by atoms with Gasteiger partial charge in [0.15, 0.2) is 18.8 Å². The maximum atomic E-state index is 12.9. The molecule has 0 aliphatic carbocycles. The number of H-pyrrole nitrogens is 1. The van der Waals surface area contributed by atoms with E-state index in [1.807, 2.05) is 4.98 Å². The van der Waals surface area contributed by atoms with Crippen LogP contribution >= 0.6 is 6.49 Å². The van der Waals surface area contributed by atoms with Gasteiger partial charge in [0.25, 0.3) is 11.5 Å². The lowest BCUT2D eigenvalue weighted by atomic mass is 10.1. The van der Waals surface area contributed by atoms with Crippen molar-refractivity contribution in [2.45, 2.75) is 37.0 Å². The van der Waals surface area contributed by atoms with Gasteiger partial charge in [-0.05, 0) is 11.8 Å². The van der Waals surface area contributed by atoms with E-state index in [9.17, 15) is 34.0 Å². The van der Waals surface area contributed by atoms with Crippen molar-refractivity contribution < 1.29 is 43.1 Å². The number of aromatic amines is 1. The van der Waals surface area contributed by atoms with Gasteiger partial charge in [0.2, 0.25) is 0 Å². The molecule has 2 rings (SSSR count). The molecule has 5 unspecified atom stereocenters. The van der Waals surface area contributed by atoms with Crippen molar-refractivity contribution in [1.82, 2.24) is 14.9 Å². The standard InChI is InChI=1S/C16H22N3O11PS/c1-27-9(21)6-7(15(23)24)17-13(22)11-10(30-31(3,26)32)12(28-2)14(29-11)19-5-4-8(20)18-16(19)25/h4-5,7,10-12,14H,6H2,1-3H3,(H,17,22)(H,23,24)(H,26,32)(H,18,20,25)/t7-,10?,11?,12?,14?,31?/m1/s1. The maximum Gasteiger partial charge on any atom is 0.330 e. The predicted octanol–water partition coefficient (Wildman–Crippen LogP) is -2.10. The minimum Gasteiger partial charge on any atom is -0.480 e. The summed E-state index contributed by atoms with van der Waals surface area (Å²) >= 11 is 4.89. The first kappa shape index (κ1) is 25.8. The van der Waals surface area contributed by atoms with Crippen molar-refractivity contribution in [3.8, 4) is 0 Å². The molecule has 2 heterocycles. The van der Waals surface area contributed by atoms with Crippen molar-refractivity contribution in [2.75, 3.05) is 20.9 Å². The van der Waals surface area contributed by atoms with Crippen molar-refractivity contribution in [1.29, 1.82) is 0 Å². The van der Waals surface area contributed by atoms with Crippen LogP contribution in [0, 0.1) is 0 Å². The van der Waals surface area contributed by atoms with Crippen LogP contribution in [-0.4, -0.2) is 82.6 Å². The van der Waals surface area contributed by atoms with E-state index in [4.69, 9.17) is 25.8 Å². The summed E-state index contributed by atoms with van der Waals surface area (Å²) in [5.74, 6) is -3.43. The number of aliphatic carboxylic acids is 1. The average Bonchev–Trinajstić information content (AvgIpc) is 3.03. The van der Waals surface area contributed by atoms with Gasteiger partial charge in [-0.15, -0.1) is 0 Å². The van der Waals surface area contributed by atoms with Crippen molar-refractivity contribution in [2.24, 2.45) is 0 Å². The lowest BCUT2D eigenvalue weighted by molar-refractivity contribution is -0.150. The highest BCUT2D eigenvalue weighted by Gasteiger charge is 2.52. The molecular formula is C16H22N3O11PS. The smallest absolute Gasteiger partial charge is 0.330 e. The van der Waals surface area contributed by atoms with Crippen molar-refractivity contribution >= 4 is 36.1 Å². The molecule has 1 saturated heterocycles. The number of amides is 1. The molecule has 14 nitrogen and oxygen atoms in total. The molecule has 178 valence electrons. The van der Waals surface area contributed by atoms with Gasteiger partial charge < -0.3 is 34.1 Å². The minimum atomic E-state index is -3.40. The molecule has 1 aromatic rings. The number of hydrogen-bond donors (Lipinski definition) is 4. The van der Waals surface area contributed by atoms with Crippen LogP contribution in [0.2, 0.25) is 0 Å². The second kappa shape index (κ2) is 10.5. The largest absolute Gasteiger partial charge is 0.480 e. The summed E-state index contributed by atoms with van der Waals surface area (Å²) in [7, 11) is 2.28. The van der Waals surface area contributed by atoms with E-state index in [0.29, 0.717) is 0 Å². The number of carboxylic acids is 1. The fraction of sp³-hybridized carbons (Fsp3) is 0.562. The van der Waals surface area contributed by atoms with Crippen LogP contribution in [0.5, 0.6) is 0 Å². The molecule has 1 fully saturated rings. The molecule has 6 atom stereocenters. The zero-order valence-corrected chi connectivity index (χ0v) is 18.8. The van der Waals surface area contributed by atoms with Crippen LogP contribution < -0.4 is 16.6 Å². The van der Waals surface area contributed by atoms with Gasteiger partial charge in [0, 0.05) is 26.0 Å². The molecule has 0 saturated carbocycles. The lowest BCUT2D eigenvalue weighted by Gasteiger charge is -2.26. The number of ether oxygens (including phenoxy) is 3. The first-order valence-electron chi connectivity index (χ1n) is 8.96. The number of methoxy groups -OCH3 is 2. The Kier molecular flexibility index (Phi) is 8.45. The summed E-state index contributed by atoms with van der Waals surface area (Å²) in [6.45, 7) is -2.19. The van der Waals surface area contributed by atoms with E-state index in [0.717, 1.165) is 23.9 Å². The molecule has 0 spiro atoms. The molecule has 0 bridgehead atoms. The van der Waals surface area contributed by atoms with E-state index in [2.05, 4.69) is 10.1 Å². The van der Waals surface area contributed by atoms with Gasteiger partial charge >= 0.3 is 17.6 Å². The Bertz CT molecular complexity index is 1030. The SMILES string of the molecule is COC(=O)C[C@@H](NC(=O)C1OC(n2ccc(=O)[nH]c2=O)C(OC)C1OP(C)(O)=S)C(=O)O. The molecule has 1 aromatic heterocycles. The van der Waals surface area contributed by atoms with E-state index in [-0.39, 0.29) is 0 Å². The Morgan fingerprint density at radius 3 is 2.50 bits per heavy atom. The number of carbonyl (C=O) groups is 3. The highest BCUT2D eigenvalue weighted by molar-refractivity contribution is 8.09. The van der Waals surface area contributed by atoms with Crippen LogP contribution in [-0.2, 0) is 44.9 Å². The van der Waals surface area contributed by atoms with Crippen LogP contribution in [0.15, 0.2) is 21.9 Å². The van der Waals surface area contributed by atoms with Gasteiger partial charge in [-0.3, -0.25) is 23.9 Å². The highest BCUT2D eigenvalue weighted by Crippen LogP contribution is 2.45. The number of carbonyl (C=O) groups excluding carboxylic acids is 2. The van der Waals surface area contributed by atoms with Gasteiger partial charge in [-0.25, -0.2) is 9.59 Å². The number of rotatable bonds is 9. The Balaban J connectivity index is 2.40. The van der Waals surface area contributed by atoms with Crippen LogP contribution in [0.1, 0.15) is 12.6 Å². The van der Waals surface area contributed by atoms with Gasteiger partial charge in [-0.1, -0.05) is 0 Å². The summed E-state index contributed by atoms with van der Waals surface area (Å²) in [5.41, 5.74) is -1.55. The number of carboxylic acid groups (broad SMARTS) is 1. The maximum absolute atomic E-state index is 12.9. The molecular weight excluding hydrogens is 473 g/mol. The van der Waals surface area contributed by atoms with E-state index >= 15 is 0 Å². The first-order valence-corrected chi connectivity index (χ1v) is 12.1. The third kappa shape index (κ3) is 6.31. The summed E-state index contributed by atoms with van der Waals surface area (Å²) < 4.78 is 21.7. The van der Waals surface area contributed by atoms with Gasteiger partial charge in [0.1, 0.15) is 18.2 Å². The normalized spacial score (nSPS) is 25.5. The quantitative estimate of drug-likeness (QED) is 0.215. The Hall–Kier alpha value is -2.42. The molecule has 1 amide bonds. The number of hydrogen-bond acceptors (Lipinski definition) is 10. The number of nitrogens with zero attached hydrogens (tertiary/aromatic N) is 1. The molecule has 16 heteroatoms. The molecule has 1 aliphatic heterocycles. The third-order valence-corrected chi connectivity index (χ3v) is 5.27. The highest BCUT2D eigenvalue weighted by atomic mass is 32.5. The fourth-order valence-corrected chi connectivity index (χ4v) is 3.98. The van der Waals surface area contributed by atoms with Gasteiger partial charge in [0.05, 0.1) is 13.5 Å². The second-order valence-electron chi connectivity index (χ2n) is 6.72. The number of esters is 1. The van der Waals surface area contributed by atoms with Crippen LogP contribution in [0.3, 0.4) is 0 Å². The predicted molar refractivity (Wildman–Crippen MR) is 110 cm³/mol. The molecule has 1 aliphatic rings. The zero-order chi connectivity index (χ0) is 24.2. The monoisotopic (exact) mass is 495 g/mol. The van der Waals surface area contributed by atoms with E-state index in [1.165, 1.54) is 13.8 Å². The van der Waals surface area contributed by atoms with Crippen LogP contribution in [0.25, 0.3) is 0 Å². The molecule has 0 aromatic carbocycles. The topological polar surface area (TPSA) is 195 Å². The molecule has 4 N–H and O–H groups in total. The molecule has 32 heavy (non-hydrogen) atoms. The second-order valence-corrected chi connectivity index (χ2v) is 10.6. The number of aromatic nitrogens is 2. The summed E-state index contributed by atoms with van der Waals surface area (Å²) in [5, 5.41) is 11.4. The Morgan fingerprint density at radius 2 is 2.00 bits per heavy atom. The van der Waals surface area contributed by atoms with Crippen molar-refractivity contribution in [3.05, 3.63) is 33.1 Å². The summed E-state index contributed by atoms with van der Waals surface area (Å²) in [6.07, 6.45) is -5.01.